The molecule has 0 saturated carbocycles. The zero-order chi connectivity index (χ0) is 15.2. The Morgan fingerprint density at radius 3 is 2.70 bits per heavy atom. The molecule has 4 heteroatoms. The molecule has 0 fully saturated rings. The molecule has 0 aromatic heterocycles. The van der Waals surface area contributed by atoms with Crippen molar-refractivity contribution in [3.05, 3.63) is 29.8 Å². The van der Waals surface area contributed by atoms with Crippen molar-refractivity contribution in [1.82, 2.24) is 5.32 Å². The van der Waals surface area contributed by atoms with Gasteiger partial charge in [-0.2, -0.15) is 0 Å². The van der Waals surface area contributed by atoms with Crippen LogP contribution in [-0.2, 0) is 4.79 Å². The predicted octanol–water partition coefficient (Wildman–Crippen LogP) is 2.72. The Morgan fingerprint density at radius 1 is 1.40 bits per heavy atom. The number of carbonyl (C=O) groups excluding carboxylic acids is 1. The maximum atomic E-state index is 12.0. The second-order valence-electron chi connectivity index (χ2n) is 6.09. The van der Waals surface area contributed by atoms with Crippen LogP contribution in [-0.4, -0.2) is 17.6 Å². The molecule has 1 aromatic carbocycles. The number of amides is 1. The normalized spacial score (nSPS) is 13.0. The summed E-state index contributed by atoms with van der Waals surface area (Å²) < 4.78 is 0. The van der Waals surface area contributed by atoms with E-state index >= 15 is 0 Å². The lowest BCUT2D eigenvalue weighted by molar-refractivity contribution is -0.122. The van der Waals surface area contributed by atoms with E-state index in [1.54, 1.807) is 18.2 Å². The summed E-state index contributed by atoms with van der Waals surface area (Å²) in [6.07, 6.45) is 2.24. The summed E-state index contributed by atoms with van der Waals surface area (Å²) in [5.74, 6) is 0.249. The molecule has 1 unspecified atom stereocenters. The van der Waals surface area contributed by atoms with E-state index in [-0.39, 0.29) is 23.1 Å². The van der Waals surface area contributed by atoms with Gasteiger partial charge >= 0.3 is 0 Å². The van der Waals surface area contributed by atoms with Gasteiger partial charge in [-0.15, -0.1) is 0 Å². The Kier molecular flexibility index (Phi) is 6.02. The van der Waals surface area contributed by atoms with Gasteiger partial charge in [0.05, 0.1) is 6.04 Å². The summed E-state index contributed by atoms with van der Waals surface area (Å²) in [6, 6.07) is 6.85. The fraction of sp³-hybridized carbons (Fsp3) is 0.562. The summed E-state index contributed by atoms with van der Waals surface area (Å²) in [5, 5.41) is 12.4. The van der Waals surface area contributed by atoms with Crippen LogP contribution in [0.3, 0.4) is 0 Å². The molecular weight excluding hydrogens is 252 g/mol. The number of nitrogens with one attached hydrogen (secondary N) is 1. The molecule has 0 spiro atoms. The highest BCUT2D eigenvalue weighted by Gasteiger charge is 2.19. The summed E-state index contributed by atoms with van der Waals surface area (Å²) in [7, 11) is 0. The van der Waals surface area contributed by atoms with Gasteiger partial charge in [-0.05, 0) is 49.4 Å². The second-order valence-corrected chi connectivity index (χ2v) is 6.09. The first-order chi connectivity index (χ1) is 9.34. The van der Waals surface area contributed by atoms with E-state index in [1.807, 2.05) is 13.0 Å². The summed E-state index contributed by atoms with van der Waals surface area (Å²) >= 11 is 0. The zero-order valence-electron chi connectivity index (χ0n) is 12.6. The third-order valence-corrected chi connectivity index (χ3v) is 3.60. The smallest absolute Gasteiger partial charge is 0.220 e. The van der Waals surface area contributed by atoms with E-state index in [0.717, 1.165) is 18.4 Å². The Bertz CT molecular complexity index is 444. The molecule has 0 heterocycles. The van der Waals surface area contributed by atoms with Gasteiger partial charge in [0.2, 0.25) is 5.91 Å². The van der Waals surface area contributed by atoms with E-state index in [4.69, 9.17) is 5.73 Å². The molecule has 1 atom stereocenters. The largest absolute Gasteiger partial charge is 0.508 e. The zero-order valence-corrected chi connectivity index (χ0v) is 12.6. The van der Waals surface area contributed by atoms with E-state index < -0.39 is 0 Å². The Morgan fingerprint density at radius 2 is 2.10 bits per heavy atom. The van der Waals surface area contributed by atoms with Crippen molar-refractivity contribution in [1.29, 1.82) is 0 Å². The first-order valence-electron chi connectivity index (χ1n) is 7.12. The van der Waals surface area contributed by atoms with Gasteiger partial charge in [0.15, 0.2) is 0 Å². The fourth-order valence-electron chi connectivity index (χ4n) is 2.16. The maximum absolute atomic E-state index is 12.0. The van der Waals surface area contributed by atoms with Crippen LogP contribution >= 0.6 is 0 Å². The standard InChI is InChI=1S/C16H26N2O2/c1-12(13-5-4-6-14(19)11-13)18-15(20)7-8-16(2,3)9-10-17/h4-6,11-12,19H,7-10,17H2,1-3H3,(H,18,20). The molecule has 20 heavy (non-hydrogen) atoms. The molecule has 0 bridgehead atoms. The summed E-state index contributed by atoms with van der Waals surface area (Å²) in [6.45, 7) is 6.82. The molecule has 1 rings (SSSR count). The van der Waals surface area contributed by atoms with Crippen LogP contribution in [0.1, 0.15) is 51.6 Å². The highest BCUT2D eigenvalue weighted by Crippen LogP contribution is 2.26. The Labute approximate surface area is 121 Å². The van der Waals surface area contributed by atoms with Gasteiger partial charge in [-0.3, -0.25) is 4.79 Å². The first kappa shape index (κ1) is 16.5. The molecule has 0 saturated heterocycles. The fourth-order valence-corrected chi connectivity index (χ4v) is 2.16. The van der Waals surface area contributed by atoms with Gasteiger partial charge in [0.25, 0.3) is 0 Å². The van der Waals surface area contributed by atoms with Gasteiger partial charge in [-0.1, -0.05) is 26.0 Å². The van der Waals surface area contributed by atoms with Gasteiger partial charge in [0.1, 0.15) is 5.75 Å². The van der Waals surface area contributed by atoms with E-state index in [0.29, 0.717) is 13.0 Å². The average Bonchev–Trinajstić information content (AvgIpc) is 2.36. The number of aromatic hydroxyl groups is 1. The topological polar surface area (TPSA) is 75.4 Å². The van der Waals surface area contributed by atoms with Crippen LogP contribution in [0.25, 0.3) is 0 Å². The molecule has 0 radical (unpaired) electrons. The van der Waals surface area contributed by atoms with Gasteiger partial charge in [0, 0.05) is 6.42 Å². The van der Waals surface area contributed by atoms with Crippen molar-refractivity contribution in [2.75, 3.05) is 6.54 Å². The van der Waals surface area contributed by atoms with Crippen LogP contribution in [0.15, 0.2) is 24.3 Å². The number of nitrogens with two attached hydrogens (primary N) is 1. The molecule has 4 nitrogen and oxygen atoms in total. The molecular formula is C16H26N2O2. The van der Waals surface area contributed by atoms with Crippen molar-refractivity contribution in [2.45, 2.75) is 46.1 Å². The number of hydrogen-bond acceptors (Lipinski definition) is 3. The number of benzene rings is 1. The van der Waals surface area contributed by atoms with Gasteiger partial charge < -0.3 is 16.2 Å². The first-order valence-corrected chi connectivity index (χ1v) is 7.12. The highest BCUT2D eigenvalue weighted by molar-refractivity contribution is 5.76. The van der Waals surface area contributed by atoms with E-state index in [9.17, 15) is 9.90 Å². The van der Waals surface area contributed by atoms with E-state index in [2.05, 4.69) is 19.2 Å². The third-order valence-electron chi connectivity index (χ3n) is 3.60. The molecule has 112 valence electrons. The predicted molar refractivity (Wildman–Crippen MR) is 81.4 cm³/mol. The number of phenolic OH excluding ortho intramolecular Hbond substituents is 1. The van der Waals surface area contributed by atoms with Crippen LogP contribution in [0.2, 0.25) is 0 Å². The number of rotatable bonds is 7. The van der Waals surface area contributed by atoms with Crippen molar-refractivity contribution in [3.63, 3.8) is 0 Å². The van der Waals surface area contributed by atoms with Crippen molar-refractivity contribution >= 4 is 5.91 Å². The monoisotopic (exact) mass is 278 g/mol. The molecule has 1 amide bonds. The lowest BCUT2D eigenvalue weighted by Crippen LogP contribution is -2.28. The summed E-state index contributed by atoms with van der Waals surface area (Å²) in [5.41, 5.74) is 6.57. The molecule has 0 aliphatic carbocycles. The SMILES string of the molecule is CC(NC(=O)CCC(C)(C)CCN)c1cccc(O)c1. The lowest BCUT2D eigenvalue weighted by atomic mass is 9.84. The van der Waals surface area contributed by atoms with Crippen molar-refractivity contribution in [2.24, 2.45) is 11.1 Å². The summed E-state index contributed by atoms with van der Waals surface area (Å²) in [4.78, 5) is 12.0. The minimum Gasteiger partial charge on any atom is -0.508 e. The molecule has 0 aliphatic rings. The minimum atomic E-state index is -0.104. The average molecular weight is 278 g/mol. The Hall–Kier alpha value is -1.55. The van der Waals surface area contributed by atoms with Gasteiger partial charge in [-0.25, -0.2) is 0 Å². The highest BCUT2D eigenvalue weighted by atomic mass is 16.3. The third kappa shape index (κ3) is 5.61. The minimum absolute atomic E-state index is 0.0333. The number of carbonyl (C=O) groups is 1. The second kappa shape index (κ2) is 7.29. The molecule has 1 aromatic rings. The maximum Gasteiger partial charge on any atom is 0.220 e. The van der Waals surface area contributed by atoms with E-state index in [1.165, 1.54) is 0 Å². The number of phenols is 1. The van der Waals surface area contributed by atoms with Crippen LogP contribution in [0.4, 0.5) is 0 Å². The number of hydrogen-bond donors (Lipinski definition) is 3. The van der Waals surface area contributed by atoms with Crippen LogP contribution in [0.5, 0.6) is 5.75 Å². The van der Waals surface area contributed by atoms with Crippen molar-refractivity contribution in [3.8, 4) is 5.75 Å². The molecule has 4 N–H and O–H groups in total. The van der Waals surface area contributed by atoms with Crippen LogP contribution in [0, 0.1) is 5.41 Å². The molecule has 0 aliphatic heterocycles. The van der Waals surface area contributed by atoms with Crippen LogP contribution < -0.4 is 11.1 Å². The Balaban J connectivity index is 2.46. The quantitative estimate of drug-likeness (QED) is 0.718. The van der Waals surface area contributed by atoms with Crippen molar-refractivity contribution < 1.29 is 9.90 Å². The lowest BCUT2D eigenvalue weighted by Gasteiger charge is -2.24.